The van der Waals surface area contributed by atoms with Crippen LogP contribution in [0.5, 0.6) is 23.1 Å². The van der Waals surface area contributed by atoms with Crippen molar-refractivity contribution in [2.45, 2.75) is 138 Å². The number of amides is 1. The van der Waals surface area contributed by atoms with E-state index in [-0.39, 0.29) is 64.4 Å². The minimum absolute atomic E-state index is 0.00387. The quantitative estimate of drug-likeness (QED) is 0.0518. The monoisotopic (exact) mass is 1020 g/mol. The molecule has 388 valence electrons. The van der Waals surface area contributed by atoms with Crippen LogP contribution in [0.15, 0.2) is 77.8 Å². The Morgan fingerprint density at radius 2 is 1.78 bits per heavy atom. The topological polar surface area (TPSA) is 214 Å². The van der Waals surface area contributed by atoms with Crippen LogP contribution in [0.3, 0.4) is 0 Å². The van der Waals surface area contributed by atoms with Gasteiger partial charge in [0, 0.05) is 66.7 Å². The molecule has 5 fully saturated rings. The molecular formula is C55H68N8O9S. The highest BCUT2D eigenvalue weighted by atomic mass is 32.2. The zero-order valence-electron chi connectivity index (χ0n) is 42.0. The number of nitrogens with zero attached hydrogens (tertiary/aromatic N) is 4. The number of aliphatic hydroxyl groups is 1. The van der Waals surface area contributed by atoms with Crippen LogP contribution >= 0.6 is 0 Å². The number of hydrogen-bond acceptors (Lipinski definition) is 14. The Balaban J connectivity index is 0.841. The van der Waals surface area contributed by atoms with Crippen molar-refractivity contribution in [3.05, 3.63) is 99.7 Å². The molecule has 1 spiro atoms. The lowest BCUT2D eigenvalue weighted by atomic mass is 9.59. The Hall–Kier alpha value is -5.95. The maximum atomic E-state index is 14.5. The maximum Gasteiger partial charge on any atom is 0.297 e. The number of nitro benzene ring substituents is 1. The first kappa shape index (κ1) is 49.3. The van der Waals surface area contributed by atoms with Crippen molar-refractivity contribution in [3.63, 3.8) is 0 Å². The molecule has 6 heterocycles. The van der Waals surface area contributed by atoms with Crippen molar-refractivity contribution in [1.82, 2.24) is 24.9 Å². The fraction of sp³-hybridized carbons (Fsp3) is 0.527. The molecule has 2 saturated carbocycles. The molecular weight excluding hydrogens is 949 g/mol. The first-order valence-corrected chi connectivity index (χ1v) is 27.9. The van der Waals surface area contributed by atoms with Gasteiger partial charge in [-0.25, -0.2) is 13.1 Å². The largest absolute Gasteiger partial charge is 0.489 e. The molecule has 0 bridgehead atoms. The van der Waals surface area contributed by atoms with Crippen LogP contribution in [-0.2, 0) is 10.0 Å². The molecule has 2 aliphatic carbocycles. The Labute approximate surface area is 427 Å². The molecule has 73 heavy (non-hydrogen) atoms. The number of likely N-dealkylation sites (tertiary alicyclic amines) is 1. The van der Waals surface area contributed by atoms with E-state index >= 15 is 0 Å². The molecule has 5 aromatic rings. The van der Waals surface area contributed by atoms with Crippen molar-refractivity contribution in [3.8, 4) is 23.1 Å². The highest BCUT2D eigenvalue weighted by Crippen LogP contribution is 2.54. The van der Waals surface area contributed by atoms with Crippen LogP contribution in [-0.4, -0.2) is 102 Å². The van der Waals surface area contributed by atoms with Gasteiger partial charge in [0.15, 0.2) is 17.2 Å². The molecule has 6 aliphatic rings. The molecule has 3 aromatic carbocycles. The Morgan fingerprint density at radius 3 is 2.53 bits per heavy atom. The fourth-order valence-corrected chi connectivity index (χ4v) is 13.7. The SMILES string of the molecule is CC(C)c1ccccc1[C@H]1CCCN1C1CC2(CCN(c3ccc(C(=O)NS(=O)(=O)c4cc5c(c([N+](=O)[O-])c4)N[C@@H](C4CCC(C)(O)CC4)CO5)c(Oc4cc5cc[nH]c5nc4OC[C@@H]4CCCN4)c3)CC2)C1. The van der Waals surface area contributed by atoms with E-state index in [1.54, 1.807) is 24.4 Å². The minimum atomic E-state index is -4.71. The number of ether oxygens (including phenoxy) is 3. The summed E-state index contributed by atoms with van der Waals surface area (Å²) in [6.07, 6.45) is 13.2. The summed E-state index contributed by atoms with van der Waals surface area (Å²) < 4.78 is 49.6. The smallest absolute Gasteiger partial charge is 0.297 e. The van der Waals surface area contributed by atoms with Crippen LogP contribution in [0, 0.1) is 21.4 Å². The van der Waals surface area contributed by atoms with Gasteiger partial charge in [0.1, 0.15) is 24.6 Å². The minimum Gasteiger partial charge on any atom is -0.489 e. The van der Waals surface area contributed by atoms with Gasteiger partial charge in [0.2, 0.25) is 0 Å². The number of anilines is 2. The van der Waals surface area contributed by atoms with E-state index in [0.717, 1.165) is 69.0 Å². The molecule has 4 aliphatic heterocycles. The molecule has 18 heteroatoms. The summed E-state index contributed by atoms with van der Waals surface area (Å²) in [5.74, 6) is 0.144. The molecule has 11 rings (SSSR count). The summed E-state index contributed by atoms with van der Waals surface area (Å²) in [7, 11) is -4.71. The normalized spacial score (nSPS) is 25.2. The average Bonchev–Trinajstić information content (AvgIpc) is 4.18. The van der Waals surface area contributed by atoms with Gasteiger partial charge in [-0.15, -0.1) is 0 Å². The Kier molecular flexibility index (Phi) is 13.3. The summed E-state index contributed by atoms with van der Waals surface area (Å²) in [5, 5.41) is 30.5. The number of benzene rings is 3. The van der Waals surface area contributed by atoms with Gasteiger partial charge in [-0.3, -0.25) is 19.8 Å². The second kappa shape index (κ2) is 19.7. The number of fused-ring (bicyclic) bond motifs is 2. The number of pyridine rings is 1. The summed E-state index contributed by atoms with van der Waals surface area (Å²) in [6.45, 7) is 10.5. The van der Waals surface area contributed by atoms with E-state index in [4.69, 9.17) is 19.2 Å². The van der Waals surface area contributed by atoms with Crippen molar-refractivity contribution in [1.29, 1.82) is 0 Å². The number of H-pyrrole nitrogens is 1. The van der Waals surface area contributed by atoms with Gasteiger partial charge in [-0.1, -0.05) is 38.1 Å². The molecule has 0 radical (unpaired) electrons. The second-order valence-corrected chi connectivity index (χ2v) is 23.9. The number of carbonyl (C=O) groups excluding carboxylic acids is 1. The molecule has 3 saturated heterocycles. The van der Waals surface area contributed by atoms with E-state index in [9.17, 15) is 28.4 Å². The Morgan fingerprint density at radius 1 is 0.986 bits per heavy atom. The number of nitrogens with one attached hydrogen (secondary N) is 4. The third-order valence-corrected chi connectivity index (χ3v) is 18.3. The first-order valence-electron chi connectivity index (χ1n) is 26.4. The summed E-state index contributed by atoms with van der Waals surface area (Å²) in [6, 6.07) is 20.8. The zero-order chi connectivity index (χ0) is 50.6. The van der Waals surface area contributed by atoms with Gasteiger partial charge in [0.25, 0.3) is 27.5 Å². The number of carbonyl (C=O) groups is 1. The Bertz CT molecular complexity index is 2980. The predicted molar refractivity (Wildman–Crippen MR) is 278 cm³/mol. The molecule has 1 amide bonds. The fourth-order valence-electron chi connectivity index (χ4n) is 12.7. The lowest BCUT2D eigenvalue weighted by Gasteiger charge is -2.56. The van der Waals surface area contributed by atoms with Crippen molar-refractivity contribution in [2.24, 2.45) is 11.3 Å². The van der Waals surface area contributed by atoms with E-state index in [2.05, 4.69) is 68.3 Å². The summed E-state index contributed by atoms with van der Waals surface area (Å²) >= 11 is 0. The number of piperidine rings is 1. The second-order valence-electron chi connectivity index (χ2n) is 22.2. The number of aromatic nitrogens is 2. The van der Waals surface area contributed by atoms with Crippen molar-refractivity contribution < 1.29 is 37.5 Å². The summed E-state index contributed by atoms with van der Waals surface area (Å²) in [5.41, 5.74) is 3.39. The molecule has 5 N–H and O–H groups in total. The number of hydrogen-bond donors (Lipinski definition) is 5. The van der Waals surface area contributed by atoms with Crippen molar-refractivity contribution in [2.75, 3.05) is 49.6 Å². The van der Waals surface area contributed by atoms with Gasteiger partial charge in [0.05, 0.1) is 27.0 Å². The van der Waals surface area contributed by atoms with Crippen molar-refractivity contribution >= 4 is 44.0 Å². The number of sulfonamides is 1. The predicted octanol–water partition coefficient (Wildman–Crippen LogP) is 9.34. The van der Waals surface area contributed by atoms with Gasteiger partial charge < -0.3 is 39.8 Å². The van der Waals surface area contributed by atoms with E-state index in [1.165, 1.54) is 42.9 Å². The summed E-state index contributed by atoms with van der Waals surface area (Å²) in [4.78, 5) is 38.8. The lowest BCUT2D eigenvalue weighted by molar-refractivity contribution is -0.384. The molecule has 2 aromatic heterocycles. The first-order chi connectivity index (χ1) is 35.1. The zero-order valence-corrected chi connectivity index (χ0v) is 42.8. The van der Waals surface area contributed by atoms with E-state index in [1.807, 2.05) is 19.1 Å². The number of rotatable bonds is 14. The van der Waals surface area contributed by atoms with Gasteiger partial charge >= 0.3 is 0 Å². The van der Waals surface area contributed by atoms with Gasteiger partial charge in [-0.05, 0) is 150 Å². The average molecular weight is 1020 g/mol. The molecule has 17 nitrogen and oxygen atoms in total. The van der Waals surface area contributed by atoms with E-state index in [0.29, 0.717) is 55.9 Å². The van der Waals surface area contributed by atoms with Crippen LogP contribution in [0.25, 0.3) is 11.0 Å². The van der Waals surface area contributed by atoms with Crippen LogP contribution in [0.1, 0.15) is 131 Å². The highest BCUT2D eigenvalue weighted by Gasteiger charge is 2.50. The lowest BCUT2D eigenvalue weighted by Crippen LogP contribution is -2.54. The number of aromatic amines is 1. The van der Waals surface area contributed by atoms with Gasteiger partial charge in [-0.2, -0.15) is 4.98 Å². The van der Waals surface area contributed by atoms with Crippen LogP contribution < -0.4 is 34.5 Å². The molecule has 0 unspecified atom stereocenters. The third kappa shape index (κ3) is 10.1. The van der Waals surface area contributed by atoms with Crippen LogP contribution in [0.2, 0.25) is 0 Å². The van der Waals surface area contributed by atoms with Crippen LogP contribution in [0.4, 0.5) is 17.1 Å². The maximum absolute atomic E-state index is 14.5. The number of nitro groups is 1. The third-order valence-electron chi connectivity index (χ3n) is 17.0. The molecule has 3 atom stereocenters. The van der Waals surface area contributed by atoms with E-state index < -0.39 is 37.0 Å². The standard InChI is InChI=1S/C55H68N8O9S/c1-34(2)41-9-4-5-10-42(41)45-11-7-23-62(45)39-30-55(31-39)19-24-61(25-20-55)38-12-13-43(47(27-38)72-49-26-36-16-22-57-51(36)59-53(49)71-32-37-8-6-21-56-37)52(64)60-73(68,69)40-28-46(63(66)67)50-48(29-40)70-33-44(58-50)35-14-17-54(3,65)18-15-35/h4-5,9-10,12-13,16,22,26-29,34-35,37,39,44-45,56,58,65H,6-8,11,14-15,17-21,23-25,30-33H2,1-3H3,(H,57,59)(H,60,64)/t35?,37-,44+,45+,54?/m0/s1. The highest BCUT2D eigenvalue weighted by molar-refractivity contribution is 7.90.